The number of oxazole rings is 1. The summed E-state index contributed by atoms with van der Waals surface area (Å²) in [5.41, 5.74) is -0.171. The third kappa shape index (κ3) is 7.91. The quantitative estimate of drug-likeness (QED) is 0.554. The number of guanidine groups is 1. The van der Waals surface area contributed by atoms with Gasteiger partial charge in [-0.15, -0.1) is 0 Å². The number of hydrogen-bond donors (Lipinski definition) is 3. The van der Waals surface area contributed by atoms with E-state index in [9.17, 15) is 4.79 Å². The van der Waals surface area contributed by atoms with Gasteiger partial charge >= 0.3 is 6.09 Å². The number of carbonyl (C=O) groups is 1. The monoisotopic (exact) mass is 353 g/mol. The van der Waals surface area contributed by atoms with Crippen molar-refractivity contribution in [3.63, 3.8) is 0 Å². The normalized spacial score (nSPS) is 12.7. The molecule has 1 rings (SSSR count). The van der Waals surface area contributed by atoms with Crippen molar-refractivity contribution in [1.82, 2.24) is 20.9 Å². The lowest BCUT2D eigenvalue weighted by Gasteiger charge is -2.29. The maximum atomic E-state index is 11.9. The number of nitrogens with one attached hydrogen (secondary N) is 3. The van der Waals surface area contributed by atoms with Crippen LogP contribution in [0.15, 0.2) is 9.41 Å². The highest BCUT2D eigenvalue weighted by atomic mass is 16.6. The molecule has 0 unspecified atom stereocenters. The molecule has 0 radical (unpaired) electrons. The SMILES string of the molecule is CN=C(NCc1nc(C)c(C)o1)NCC(C)(C)NC(=O)OC(C)(C)C. The Hall–Kier alpha value is -2.25. The summed E-state index contributed by atoms with van der Waals surface area (Å²) in [5.74, 6) is 2.00. The van der Waals surface area contributed by atoms with E-state index in [1.165, 1.54) is 0 Å². The number of aryl methyl sites for hydroxylation is 2. The second-order valence-corrected chi connectivity index (χ2v) is 7.54. The summed E-state index contributed by atoms with van der Waals surface area (Å²) < 4.78 is 10.8. The van der Waals surface area contributed by atoms with Gasteiger partial charge in [0.25, 0.3) is 0 Å². The fourth-order valence-corrected chi connectivity index (χ4v) is 1.92. The second kappa shape index (κ2) is 8.22. The van der Waals surface area contributed by atoms with Crippen LogP contribution in [0.4, 0.5) is 4.79 Å². The number of ether oxygens (including phenoxy) is 1. The standard InChI is InChI=1S/C17H31N5O3/c1-11-12(2)24-13(21-11)9-19-14(18-8)20-10-17(6,7)22-15(23)25-16(3,4)5/h9-10H2,1-8H3,(H,22,23)(H2,18,19,20). The number of aromatic nitrogens is 1. The summed E-state index contributed by atoms with van der Waals surface area (Å²) >= 11 is 0. The molecule has 3 N–H and O–H groups in total. The van der Waals surface area contributed by atoms with E-state index in [1.54, 1.807) is 7.05 Å². The zero-order chi connectivity index (χ0) is 19.3. The van der Waals surface area contributed by atoms with Crippen LogP contribution in [-0.4, -0.2) is 41.8 Å². The Morgan fingerprint density at radius 1 is 1.20 bits per heavy atom. The van der Waals surface area contributed by atoms with E-state index in [-0.39, 0.29) is 0 Å². The fraction of sp³-hybridized carbons (Fsp3) is 0.706. The van der Waals surface area contributed by atoms with Gasteiger partial charge in [0.1, 0.15) is 11.4 Å². The van der Waals surface area contributed by atoms with Gasteiger partial charge in [0, 0.05) is 13.6 Å². The minimum atomic E-state index is -0.530. The summed E-state index contributed by atoms with van der Waals surface area (Å²) in [7, 11) is 1.68. The first kappa shape index (κ1) is 20.8. The smallest absolute Gasteiger partial charge is 0.408 e. The van der Waals surface area contributed by atoms with Gasteiger partial charge < -0.3 is 25.1 Å². The minimum Gasteiger partial charge on any atom is -0.444 e. The zero-order valence-corrected chi connectivity index (χ0v) is 16.5. The molecule has 0 aliphatic carbocycles. The summed E-state index contributed by atoms with van der Waals surface area (Å²) in [6, 6.07) is 0. The third-order valence-electron chi connectivity index (χ3n) is 3.24. The van der Waals surface area contributed by atoms with Gasteiger partial charge in [0.15, 0.2) is 5.96 Å². The molecule has 1 amide bonds. The first-order chi connectivity index (χ1) is 11.4. The molecule has 0 saturated carbocycles. The molecular weight excluding hydrogens is 322 g/mol. The van der Waals surface area contributed by atoms with Crippen molar-refractivity contribution in [2.75, 3.05) is 13.6 Å². The van der Waals surface area contributed by atoms with Gasteiger partial charge in [-0.05, 0) is 48.5 Å². The molecule has 0 aliphatic rings. The average molecular weight is 353 g/mol. The van der Waals surface area contributed by atoms with Crippen LogP contribution in [0.2, 0.25) is 0 Å². The highest BCUT2D eigenvalue weighted by molar-refractivity contribution is 5.79. The van der Waals surface area contributed by atoms with E-state index in [0.29, 0.717) is 24.9 Å². The number of alkyl carbamates (subject to hydrolysis) is 1. The summed E-state index contributed by atoms with van der Waals surface area (Å²) in [6.07, 6.45) is -0.451. The van der Waals surface area contributed by atoms with Crippen molar-refractivity contribution >= 4 is 12.1 Å². The van der Waals surface area contributed by atoms with Gasteiger partial charge in [-0.2, -0.15) is 0 Å². The molecule has 8 heteroatoms. The molecule has 142 valence electrons. The maximum absolute atomic E-state index is 11.9. The highest BCUT2D eigenvalue weighted by Crippen LogP contribution is 2.09. The first-order valence-electron chi connectivity index (χ1n) is 8.30. The van der Waals surface area contributed by atoms with Crippen molar-refractivity contribution in [3.8, 4) is 0 Å². The van der Waals surface area contributed by atoms with Crippen molar-refractivity contribution in [2.24, 2.45) is 4.99 Å². The van der Waals surface area contributed by atoms with E-state index >= 15 is 0 Å². The zero-order valence-electron chi connectivity index (χ0n) is 16.5. The molecule has 25 heavy (non-hydrogen) atoms. The molecule has 0 aliphatic heterocycles. The van der Waals surface area contributed by atoms with Crippen molar-refractivity contribution in [1.29, 1.82) is 0 Å². The lowest BCUT2D eigenvalue weighted by atomic mass is 10.1. The van der Waals surface area contributed by atoms with Gasteiger partial charge in [-0.25, -0.2) is 9.78 Å². The lowest BCUT2D eigenvalue weighted by Crippen LogP contribution is -2.54. The topological polar surface area (TPSA) is 101 Å². The number of rotatable bonds is 5. The predicted octanol–water partition coefficient (Wildman–Crippen LogP) is 2.26. The Morgan fingerprint density at radius 2 is 1.84 bits per heavy atom. The molecule has 8 nitrogen and oxygen atoms in total. The van der Waals surface area contributed by atoms with E-state index in [1.807, 2.05) is 48.5 Å². The van der Waals surface area contributed by atoms with Gasteiger partial charge in [0.05, 0.1) is 17.8 Å². The van der Waals surface area contributed by atoms with Crippen molar-refractivity contribution < 1.29 is 13.9 Å². The van der Waals surface area contributed by atoms with Crippen LogP contribution in [0, 0.1) is 13.8 Å². The largest absolute Gasteiger partial charge is 0.444 e. The van der Waals surface area contributed by atoms with Crippen LogP contribution in [-0.2, 0) is 11.3 Å². The van der Waals surface area contributed by atoms with E-state index in [2.05, 4.69) is 25.9 Å². The first-order valence-corrected chi connectivity index (χ1v) is 8.30. The number of hydrogen-bond acceptors (Lipinski definition) is 5. The molecule has 0 saturated heterocycles. The minimum absolute atomic E-state index is 0.425. The average Bonchev–Trinajstić information content (AvgIpc) is 2.75. The Kier molecular flexibility index (Phi) is 6.84. The summed E-state index contributed by atoms with van der Waals surface area (Å²) in [4.78, 5) is 20.4. The number of nitrogens with zero attached hydrogens (tertiary/aromatic N) is 2. The van der Waals surface area contributed by atoms with Crippen LogP contribution in [0.1, 0.15) is 52.0 Å². The Labute approximate surface area is 149 Å². The Morgan fingerprint density at radius 3 is 2.32 bits per heavy atom. The highest BCUT2D eigenvalue weighted by Gasteiger charge is 2.24. The molecule has 0 aromatic carbocycles. The number of carbonyl (C=O) groups excluding carboxylic acids is 1. The molecule has 1 aromatic rings. The predicted molar refractivity (Wildman–Crippen MR) is 97.6 cm³/mol. The Balaban J connectivity index is 2.48. The van der Waals surface area contributed by atoms with Crippen molar-refractivity contribution in [2.45, 2.75) is 66.2 Å². The maximum Gasteiger partial charge on any atom is 0.408 e. The van der Waals surface area contributed by atoms with Gasteiger partial charge in [-0.3, -0.25) is 4.99 Å². The van der Waals surface area contributed by atoms with E-state index in [4.69, 9.17) is 9.15 Å². The third-order valence-corrected chi connectivity index (χ3v) is 3.24. The number of aliphatic imine (C=N–C) groups is 1. The molecule has 1 heterocycles. The second-order valence-electron chi connectivity index (χ2n) is 7.54. The molecule has 0 bridgehead atoms. The van der Waals surface area contributed by atoms with Crippen molar-refractivity contribution in [3.05, 3.63) is 17.3 Å². The van der Waals surface area contributed by atoms with E-state index < -0.39 is 17.2 Å². The van der Waals surface area contributed by atoms with Crippen LogP contribution < -0.4 is 16.0 Å². The summed E-state index contributed by atoms with van der Waals surface area (Å²) in [5, 5.41) is 9.14. The van der Waals surface area contributed by atoms with Crippen LogP contribution >= 0.6 is 0 Å². The number of amides is 1. The fourth-order valence-electron chi connectivity index (χ4n) is 1.92. The summed E-state index contributed by atoms with van der Waals surface area (Å²) in [6.45, 7) is 14.0. The van der Waals surface area contributed by atoms with E-state index in [0.717, 1.165) is 11.5 Å². The molecular formula is C17H31N5O3. The van der Waals surface area contributed by atoms with Gasteiger partial charge in [0.2, 0.25) is 5.89 Å². The lowest BCUT2D eigenvalue weighted by molar-refractivity contribution is 0.0474. The van der Waals surface area contributed by atoms with Gasteiger partial charge in [-0.1, -0.05) is 0 Å². The molecule has 0 atom stereocenters. The Bertz CT molecular complexity index is 595. The van der Waals surface area contributed by atoms with Crippen LogP contribution in [0.25, 0.3) is 0 Å². The molecule has 0 fully saturated rings. The van der Waals surface area contributed by atoms with Crippen LogP contribution in [0.3, 0.4) is 0 Å². The molecule has 0 spiro atoms. The van der Waals surface area contributed by atoms with Crippen LogP contribution in [0.5, 0.6) is 0 Å². The molecule has 1 aromatic heterocycles.